The molecule has 0 saturated carbocycles. The molecule has 0 aliphatic rings. The van der Waals surface area contributed by atoms with E-state index in [0.717, 1.165) is 17.1 Å². The highest BCUT2D eigenvalue weighted by molar-refractivity contribution is 7.09. The van der Waals surface area contributed by atoms with Crippen LogP contribution < -0.4 is 5.32 Å². The molecule has 0 fully saturated rings. The van der Waals surface area contributed by atoms with Crippen molar-refractivity contribution < 1.29 is 9.53 Å². The maximum Gasteiger partial charge on any atom is 0.226 e. The molecule has 1 aromatic rings. The lowest BCUT2D eigenvalue weighted by molar-refractivity contribution is -0.120. The van der Waals surface area contributed by atoms with Crippen molar-refractivity contribution in [2.45, 2.75) is 25.6 Å². The first-order valence-corrected chi connectivity index (χ1v) is 7.01. The van der Waals surface area contributed by atoms with E-state index in [0.29, 0.717) is 32.1 Å². The molecule has 0 aliphatic carbocycles. The lowest BCUT2D eigenvalue weighted by Gasteiger charge is -2.03. The number of rotatable bonds is 8. The van der Waals surface area contributed by atoms with Crippen molar-refractivity contribution in [3.05, 3.63) is 16.1 Å². The van der Waals surface area contributed by atoms with Crippen molar-refractivity contribution in [2.24, 2.45) is 0 Å². The minimum absolute atomic E-state index is 0.00280. The Labute approximate surface area is 110 Å². The van der Waals surface area contributed by atoms with E-state index in [9.17, 15) is 4.79 Å². The molecule has 0 bridgehead atoms. The molecule has 0 radical (unpaired) electrons. The van der Waals surface area contributed by atoms with Gasteiger partial charge in [0.2, 0.25) is 5.91 Å². The van der Waals surface area contributed by atoms with Crippen LogP contribution in [0.1, 0.15) is 24.0 Å². The maximum absolute atomic E-state index is 11.5. The highest BCUT2D eigenvalue weighted by atomic mass is 35.5. The number of ether oxygens (including phenoxy) is 1. The minimum atomic E-state index is -0.00280. The minimum Gasteiger partial charge on any atom is -0.382 e. The van der Waals surface area contributed by atoms with Crippen LogP contribution in [0.15, 0.2) is 5.38 Å². The van der Waals surface area contributed by atoms with E-state index >= 15 is 0 Å². The van der Waals surface area contributed by atoms with E-state index in [1.165, 1.54) is 11.3 Å². The maximum atomic E-state index is 11.5. The first-order chi connectivity index (χ1) is 8.26. The molecule has 6 heteroatoms. The zero-order valence-corrected chi connectivity index (χ0v) is 11.4. The molecule has 1 rings (SSSR count). The number of amides is 1. The quantitative estimate of drug-likeness (QED) is 0.583. The number of aromatic nitrogens is 1. The van der Waals surface area contributed by atoms with Crippen molar-refractivity contribution in [1.29, 1.82) is 0 Å². The van der Waals surface area contributed by atoms with Gasteiger partial charge in [-0.3, -0.25) is 4.79 Å². The second-order valence-electron chi connectivity index (χ2n) is 3.44. The average molecular weight is 277 g/mol. The zero-order chi connectivity index (χ0) is 12.5. The number of alkyl halides is 1. The van der Waals surface area contributed by atoms with E-state index in [4.69, 9.17) is 16.3 Å². The fraction of sp³-hybridized carbons (Fsp3) is 0.636. The molecule has 0 atom stereocenters. The molecule has 0 saturated heterocycles. The normalized spacial score (nSPS) is 10.5. The molecule has 1 heterocycles. The van der Waals surface area contributed by atoms with Gasteiger partial charge < -0.3 is 10.1 Å². The van der Waals surface area contributed by atoms with Gasteiger partial charge in [-0.1, -0.05) is 0 Å². The Morgan fingerprint density at radius 3 is 3.12 bits per heavy atom. The Morgan fingerprint density at radius 2 is 2.47 bits per heavy atom. The topological polar surface area (TPSA) is 51.2 Å². The second kappa shape index (κ2) is 8.44. The van der Waals surface area contributed by atoms with Crippen molar-refractivity contribution in [1.82, 2.24) is 10.3 Å². The molecule has 1 N–H and O–H groups in total. The summed E-state index contributed by atoms with van der Waals surface area (Å²) in [7, 11) is 0. The summed E-state index contributed by atoms with van der Waals surface area (Å²) in [5.41, 5.74) is 0.829. The molecule has 0 unspecified atom stereocenters. The first-order valence-electron chi connectivity index (χ1n) is 5.60. The second-order valence-corrected chi connectivity index (χ2v) is 4.65. The van der Waals surface area contributed by atoms with Gasteiger partial charge in [0.1, 0.15) is 5.01 Å². The number of carbonyl (C=O) groups excluding carboxylic acids is 1. The van der Waals surface area contributed by atoms with Crippen LogP contribution in [0.2, 0.25) is 0 Å². The fourth-order valence-corrected chi connectivity index (χ4v) is 2.26. The summed E-state index contributed by atoms with van der Waals surface area (Å²) in [5.74, 6) is 0.393. The van der Waals surface area contributed by atoms with Gasteiger partial charge in [0, 0.05) is 25.1 Å². The van der Waals surface area contributed by atoms with Crippen LogP contribution in [-0.2, 0) is 21.8 Å². The SMILES string of the molecule is CCOCCCNC(=O)Cc1nc(CCl)cs1. The van der Waals surface area contributed by atoms with E-state index in [-0.39, 0.29) is 5.91 Å². The van der Waals surface area contributed by atoms with Gasteiger partial charge in [0.25, 0.3) is 0 Å². The number of thiazole rings is 1. The molecular weight excluding hydrogens is 260 g/mol. The number of carbonyl (C=O) groups is 1. The van der Waals surface area contributed by atoms with Crippen LogP contribution in [0.5, 0.6) is 0 Å². The third kappa shape index (κ3) is 6.00. The Kier molecular flexibility index (Phi) is 7.16. The van der Waals surface area contributed by atoms with E-state index in [1.807, 2.05) is 12.3 Å². The zero-order valence-electron chi connectivity index (χ0n) is 9.87. The van der Waals surface area contributed by atoms with Gasteiger partial charge >= 0.3 is 0 Å². The van der Waals surface area contributed by atoms with Crippen LogP contribution in [-0.4, -0.2) is 30.6 Å². The molecule has 4 nitrogen and oxygen atoms in total. The number of nitrogens with one attached hydrogen (secondary N) is 1. The van der Waals surface area contributed by atoms with Crippen LogP contribution >= 0.6 is 22.9 Å². The van der Waals surface area contributed by atoms with Gasteiger partial charge in [-0.25, -0.2) is 4.98 Å². The summed E-state index contributed by atoms with van der Waals surface area (Å²) in [6, 6.07) is 0. The molecule has 96 valence electrons. The van der Waals surface area contributed by atoms with Gasteiger partial charge in [-0.15, -0.1) is 22.9 Å². The van der Waals surface area contributed by atoms with Crippen LogP contribution in [0.4, 0.5) is 0 Å². The fourth-order valence-electron chi connectivity index (χ4n) is 1.24. The summed E-state index contributed by atoms with van der Waals surface area (Å²) in [6.45, 7) is 4.00. The van der Waals surface area contributed by atoms with Crippen molar-refractivity contribution in [3.8, 4) is 0 Å². The Hall–Kier alpha value is -0.650. The van der Waals surface area contributed by atoms with Gasteiger partial charge in [-0.2, -0.15) is 0 Å². The highest BCUT2D eigenvalue weighted by Crippen LogP contribution is 2.11. The van der Waals surface area contributed by atoms with E-state index in [1.54, 1.807) is 0 Å². The monoisotopic (exact) mass is 276 g/mol. The summed E-state index contributed by atoms with van der Waals surface area (Å²) >= 11 is 7.11. The Balaban J connectivity index is 2.16. The van der Waals surface area contributed by atoms with Crippen LogP contribution in [0.25, 0.3) is 0 Å². The number of halogens is 1. The molecule has 1 amide bonds. The molecule has 0 aliphatic heterocycles. The Bertz CT molecular complexity index is 344. The third-order valence-corrected chi connectivity index (χ3v) is 3.21. The number of hydrogen-bond acceptors (Lipinski definition) is 4. The average Bonchev–Trinajstić information content (AvgIpc) is 2.76. The summed E-state index contributed by atoms with van der Waals surface area (Å²) in [6.07, 6.45) is 1.17. The Morgan fingerprint density at radius 1 is 1.65 bits per heavy atom. The largest absolute Gasteiger partial charge is 0.382 e. The van der Waals surface area contributed by atoms with Crippen molar-refractivity contribution >= 4 is 28.8 Å². The van der Waals surface area contributed by atoms with Gasteiger partial charge in [0.05, 0.1) is 18.0 Å². The molecule has 17 heavy (non-hydrogen) atoms. The van der Waals surface area contributed by atoms with E-state index in [2.05, 4.69) is 10.3 Å². The molecular formula is C11H17ClN2O2S. The number of nitrogens with zero attached hydrogens (tertiary/aromatic N) is 1. The van der Waals surface area contributed by atoms with Gasteiger partial charge in [0.15, 0.2) is 0 Å². The van der Waals surface area contributed by atoms with E-state index < -0.39 is 0 Å². The summed E-state index contributed by atoms with van der Waals surface area (Å²) in [5, 5.41) is 5.52. The molecule has 0 aromatic carbocycles. The van der Waals surface area contributed by atoms with Crippen LogP contribution in [0, 0.1) is 0 Å². The van der Waals surface area contributed by atoms with Crippen LogP contribution in [0.3, 0.4) is 0 Å². The molecule has 1 aromatic heterocycles. The van der Waals surface area contributed by atoms with Crippen molar-refractivity contribution in [2.75, 3.05) is 19.8 Å². The highest BCUT2D eigenvalue weighted by Gasteiger charge is 2.06. The third-order valence-electron chi connectivity index (χ3n) is 2.04. The number of hydrogen-bond donors (Lipinski definition) is 1. The smallest absolute Gasteiger partial charge is 0.226 e. The first kappa shape index (κ1) is 14.4. The van der Waals surface area contributed by atoms with Crippen molar-refractivity contribution in [3.63, 3.8) is 0 Å². The predicted octanol–water partition coefficient (Wildman–Crippen LogP) is 1.97. The molecule has 0 spiro atoms. The lowest BCUT2D eigenvalue weighted by atomic mass is 10.4. The predicted molar refractivity (Wildman–Crippen MR) is 69.5 cm³/mol. The summed E-state index contributed by atoms with van der Waals surface area (Å²) < 4.78 is 5.18. The summed E-state index contributed by atoms with van der Waals surface area (Å²) in [4.78, 5) is 15.8. The standard InChI is InChI=1S/C11H17ClN2O2S/c1-2-16-5-3-4-13-10(15)6-11-14-9(7-12)8-17-11/h8H,2-7H2,1H3,(H,13,15). The van der Waals surface area contributed by atoms with Gasteiger partial charge in [-0.05, 0) is 13.3 Å². The lowest BCUT2D eigenvalue weighted by Crippen LogP contribution is -2.26.